The Morgan fingerprint density at radius 2 is 1.88 bits per heavy atom. The molecule has 0 unspecified atom stereocenters. The predicted octanol–water partition coefficient (Wildman–Crippen LogP) is 2.49. The van der Waals surface area contributed by atoms with Gasteiger partial charge in [0, 0.05) is 42.3 Å². The fraction of sp³-hybridized carbons (Fsp3) is 0.304. The summed E-state index contributed by atoms with van der Waals surface area (Å²) in [6.07, 6.45) is 0.963. The van der Waals surface area contributed by atoms with Crippen LogP contribution in [0.15, 0.2) is 63.3 Å². The number of aromatic nitrogens is 3. The quantitative estimate of drug-likeness (QED) is 0.451. The lowest BCUT2D eigenvalue weighted by Gasteiger charge is -2.42. The second kappa shape index (κ2) is 8.72. The summed E-state index contributed by atoms with van der Waals surface area (Å²) in [6.45, 7) is 1.76. The normalized spacial score (nSPS) is 19.2. The predicted molar refractivity (Wildman–Crippen MR) is 125 cm³/mol. The molecule has 8 nitrogen and oxygen atoms in total. The first-order valence-electron chi connectivity index (χ1n) is 10.6. The number of rotatable bonds is 4. The van der Waals surface area contributed by atoms with Gasteiger partial charge in [-0.3, -0.25) is 19.0 Å². The van der Waals surface area contributed by atoms with E-state index in [2.05, 4.69) is 4.98 Å². The highest BCUT2D eigenvalue weighted by Crippen LogP contribution is 2.35. The molecule has 1 aromatic carbocycles. The molecule has 3 aromatic rings. The minimum Gasteiger partial charge on any atom is -0.493 e. The molecule has 2 atom stereocenters. The molecule has 170 valence electrons. The highest BCUT2D eigenvalue weighted by Gasteiger charge is 2.36. The maximum atomic E-state index is 13.1. The van der Waals surface area contributed by atoms with Crippen LogP contribution in [0.4, 0.5) is 0 Å². The number of nitrogens with zero attached hydrogens (tertiary/aromatic N) is 4. The molecule has 2 bridgehead atoms. The van der Waals surface area contributed by atoms with Gasteiger partial charge in [-0.15, -0.1) is 0 Å². The van der Waals surface area contributed by atoms with Gasteiger partial charge in [-0.25, -0.2) is 0 Å². The molecular weight excluding hydrogens is 464 g/mol. The number of benzene rings is 1. The average Bonchev–Trinajstić information content (AvgIpc) is 2.79. The molecule has 2 aliphatic rings. The number of pyridine rings is 1. The molecule has 5 rings (SSSR count). The molecule has 1 fully saturated rings. The fourth-order valence-corrected chi connectivity index (χ4v) is 5.74. The molecule has 4 heterocycles. The monoisotopic (exact) mass is 484 g/mol. The zero-order valence-corrected chi connectivity index (χ0v) is 19.1. The number of hydrogen-bond donors (Lipinski definition) is 1. The van der Waals surface area contributed by atoms with Gasteiger partial charge >= 0.3 is 0 Å². The Balaban J connectivity index is 1.35. The van der Waals surface area contributed by atoms with E-state index in [0.717, 1.165) is 29.9 Å². The number of hydrogen-bond acceptors (Lipinski definition) is 6. The Hall–Kier alpha value is -3.04. The van der Waals surface area contributed by atoms with Gasteiger partial charge in [0.2, 0.25) is 11.8 Å². The van der Waals surface area contributed by atoms with Crippen LogP contribution >= 0.6 is 23.4 Å². The Morgan fingerprint density at radius 1 is 1.09 bits per heavy atom. The molecule has 0 spiro atoms. The van der Waals surface area contributed by atoms with Crippen LogP contribution in [0.2, 0.25) is 5.02 Å². The smallest absolute Gasteiger partial charge is 0.262 e. The minimum atomic E-state index is -0.450. The third-order valence-electron chi connectivity index (χ3n) is 6.12. The van der Waals surface area contributed by atoms with Crippen LogP contribution in [0.5, 0.6) is 5.88 Å². The van der Waals surface area contributed by atoms with Crippen molar-refractivity contribution in [3.63, 3.8) is 0 Å². The number of carbonyl (C=O) groups excluding carboxylic acids is 1. The van der Waals surface area contributed by atoms with Crippen molar-refractivity contribution < 1.29 is 9.90 Å². The first-order valence-corrected chi connectivity index (χ1v) is 11.9. The second-order valence-electron chi connectivity index (χ2n) is 8.33. The van der Waals surface area contributed by atoms with E-state index >= 15 is 0 Å². The summed E-state index contributed by atoms with van der Waals surface area (Å²) in [5.74, 6) is -0.0239. The lowest BCUT2D eigenvalue weighted by molar-refractivity contribution is -0.131. The van der Waals surface area contributed by atoms with Gasteiger partial charge in [0.05, 0.1) is 17.5 Å². The van der Waals surface area contributed by atoms with Crippen LogP contribution in [-0.4, -0.2) is 48.9 Å². The molecule has 0 aliphatic carbocycles. The van der Waals surface area contributed by atoms with Crippen molar-refractivity contribution in [1.29, 1.82) is 0 Å². The number of likely N-dealkylation sites (tertiary alicyclic amines) is 1. The van der Waals surface area contributed by atoms with Crippen molar-refractivity contribution in [2.24, 2.45) is 5.92 Å². The maximum Gasteiger partial charge on any atom is 0.262 e. The molecule has 1 N–H and O–H groups in total. The van der Waals surface area contributed by atoms with Crippen LogP contribution in [-0.2, 0) is 11.3 Å². The lowest BCUT2D eigenvalue weighted by atomic mass is 9.83. The van der Waals surface area contributed by atoms with Crippen LogP contribution in [0.1, 0.15) is 18.0 Å². The first-order chi connectivity index (χ1) is 15.9. The largest absolute Gasteiger partial charge is 0.493 e. The van der Waals surface area contributed by atoms with Crippen LogP contribution in [0.3, 0.4) is 0 Å². The number of piperidine rings is 1. The molecule has 0 radical (unpaired) electrons. The highest BCUT2D eigenvalue weighted by atomic mass is 35.5. The lowest BCUT2D eigenvalue weighted by Crippen LogP contribution is -2.49. The topological polar surface area (TPSA) is 97.4 Å². The summed E-state index contributed by atoms with van der Waals surface area (Å²) in [5.41, 5.74) is 1.08. The van der Waals surface area contributed by atoms with E-state index < -0.39 is 11.4 Å². The molecule has 2 aromatic heterocycles. The van der Waals surface area contributed by atoms with E-state index in [1.54, 1.807) is 36.4 Å². The molecule has 1 amide bonds. The van der Waals surface area contributed by atoms with E-state index in [1.165, 1.54) is 4.57 Å². The van der Waals surface area contributed by atoms with E-state index in [-0.39, 0.29) is 34.2 Å². The number of carbonyl (C=O) groups is 1. The summed E-state index contributed by atoms with van der Waals surface area (Å²) in [5, 5.41) is 10.6. The van der Waals surface area contributed by atoms with Crippen molar-refractivity contribution in [3.05, 3.63) is 80.0 Å². The van der Waals surface area contributed by atoms with Gasteiger partial charge in [0.15, 0.2) is 5.16 Å². The van der Waals surface area contributed by atoms with Gasteiger partial charge in [-0.1, -0.05) is 29.4 Å². The van der Waals surface area contributed by atoms with Crippen molar-refractivity contribution in [3.8, 4) is 11.6 Å². The molecule has 10 heteroatoms. The van der Waals surface area contributed by atoms with Crippen molar-refractivity contribution in [2.45, 2.75) is 24.0 Å². The first kappa shape index (κ1) is 21.8. The zero-order valence-electron chi connectivity index (χ0n) is 17.6. The van der Waals surface area contributed by atoms with Crippen LogP contribution < -0.4 is 11.1 Å². The van der Waals surface area contributed by atoms with Gasteiger partial charge in [-0.05, 0) is 42.7 Å². The molecule has 0 saturated carbocycles. The Bertz CT molecular complexity index is 1340. The minimum absolute atomic E-state index is 0.00709. The number of aromatic hydroxyl groups is 1. The maximum absolute atomic E-state index is 13.1. The standard InChI is InChI=1S/C23H21ClN4O4S/c24-16-4-6-17(7-5-16)28-21(31)9-19(29)25-23(28)33-13-22(32)26-10-14-8-15(12-26)18-2-1-3-20(30)27(18)11-14/h1-7,9,14-15,29H,8,10-13H2/t14-,15+/m0/s1. The van der Waals surface area contributed by atoms with Gasteiger partial charge in [0.25, 0.3) is 11.1 Å². The summed E-state index contributed by atoms with van der Waals surface area (Å²) < 4.78 is 3.18. The third kappa shape index (κ3) is 4.30. The van der Waals surface area contributed by atoms with Gasteiger partial charge in [0.1, 0.15) is 0 Å². The number of fused-ring (bicyclic) bond motifs is 4. The Morgan fingerprint density at radius 3 is 2.67 bits per heavy atom. The fourth-order valence-electron chi connectivity index (χ4n) is 4.69. The Kier molecular flexibility index (Phi) is 5.76. The van der Waals surface area contributed by atoms with Crippen molar-refractivity contribution >= 4 is 29.3 Å². The van der Waals surface area contributed by atoms with Crippen molar-refractivity contribution in [2.75, 3.05) is 18.8 Å². The van der Waals surface area contributed by atoms with Crippen LogP contribution in [0.25, 0.3) is 5.69 Å². The summed E-state index contributed by atoms with van der Waals surface area (Å²) >= 11 is 7.06. The average molecular weight is 485 g/mol. The van der Waals surface area contributed by atoms with E-state index in [1.807, 2.05) is 15.5 Å². The highest BCUT2D eigenvalue weighted by molar-refractivity contribution is 7.99. The second-order valence-corrected chi connectivity index (χ2v) is 9.71. The number of halogens is 1. The van der Waals surface area contributed by atoms with E-state index in [4.69, 9.17) is 11.6 Å². The van der Waals surface area contributed by atoms with Gasteiger partial charge < -0.3 is 14.6 Å². The summed E-state index contributed by atoms with van der Waals surface area (Å²) in [4.78, 5) is 43.8. The zero-order chi connectivity index (χ0) is 23.1. The summed E-state index contributed by atoms with van der Waals surface area (Å²) in [6, 6.07) is 13.0. The molecular formula is C23H21ClN4O4S. The van der Waals surface area contributed by atoms with Crippen molar-refractivity contribution in [1.82, 2.24) is 19.0 Å². The van der Waals surface area contributed by atoms with E-state index in [0.29, 0.717) is 30.3 Å². The molecule has 1 saturated heterocycles. The third-order valence-corrected chi connectivity index (χ3v) is 7.29. The van der Waals surface area contributed by atoms with Gasteiger partial charge in [-0.2, -0.15) is 4.98 Å². The van der Waals surface area contributed by atoms with E-state index in [9.17, 15) is 19.5 Å². The number of thioether (sulfide) groups is 1. The summed E-state index contributed by atoms with van der Waals surface area (Å²) in [7, 11) is 0. The Labute approximate surface area is 198 Å². The number of amides is 1. The molecule has 2 aliphatic heterocycles. The molecule has 33 heavy (non-hydrogen) atoms. The SMILES string of the molecule is O=C(CSc1nc(O)cc(=O)n1-c1ccc(Cl)cc1)N1C[C@@H]2C[C@H](C1)c1cccc(=O)n1C2. The van der Waals surface area contributed by atoms with Crippen LogP contribution in [0, 0.1) is 5.92 Å².